The molecule has 0 bridgehead atoms. The van der Waals surface area contributed by atoms with E-state index in [2.05, 4.69) is 10.6 Å². The zero-order chi connectivity index (χ0) is 20.1. The molecule has 1 saturated carbocycles. The van der Waals surface area contributed by atoms with Gasteiger partial charge in [-0.25, -0.2) is 0 Å². The van der Waals surface area contributed by atoms with Crippen LogP contribution in [0.25, 0.3) is 0 Å². The fourth-order valence-electron chi connectivity index (χ4n) is 3.26. The average molecular weight is 402 g/mol. The quantitative estimate of drug-likeness (QED) is 0.542. The van der Waals surface area contributed by atoms with E-state index in [0.717, 1.165) is 25.7 Å². The molecule has 0 aliphatic heterocycles. The Morgan fingerprint density at radius 2 is 1.79 bits per heavy atom. The highest BCUT2D eigenvalue weighted by atomic mass is 35.5. The third kappa shape index (κ3) is 4.86. The fourth-order valence-corrected chi connectivity index (χ4v) is 3.49. The molecule has 2 amide bonds. The van der Waals surface area contributed by atoms with E-state index < -0.39 is 10.8 Å². The molecule has 1 aliphatic carbocycles. The maximum absolute atomic E-state index is 12.4. The number of benzene rings is 2. The van der Waals surface area contributed by atoms with E-state index >= 15 is 0 Å². The van der Waals surface area contributed by atoms with Crippen LogP contribution < -0.4 is 10.6 Å². The third-order valence-electron chi connectivity index (χ3n) is 4.78. The van der Waals surface area contributed by atoms with Gasteiger partial charge in [-0.05, 0) is 37.1 Å². The molecule has 0 atom stereocenters. The summed E-state index contributed by atoms with van der Waals surface area (Å²) >= 11 is 6.25. The summed E-state index contributed by atoms with van der Waals surface area (Å²) in [7, 11) is 0. The van der Waals surface area contributed by atoms with E-state index in [-0.39, 0.29) is 23.1 Å². The number of anilines is 2. The molecule has 2 N–H and O–H groups in total. The second-order valence-corrected chi connectivity index (χ2v) is 7.19. The van der Waals surface area contributed by atoms with Crippen LogP contribution in [0, 0.1) is 16.0 Å². The molecule has 146 valence electrons. The summed E-state index contributed by atoms with van der Waals surface area (Å²) in [6, 6.07) is 10.2. The lowest BCUT2D eigenvalue weighted by atomic mass is 9.88. The Bertz CT molecular complexity index is 910. The van der Waals surface area contributed by atoms with Gasteiger partial charge < -0.3 is 10.6 Å². The van der Waals surface area contributed by atoms with Gasteiger partial charge in [0.25, 0.3) is 11.6 Å². The predicted molar refractivity (Wildman–Crippen MR) is 108 cm³/mol. The number of halogens is 1. The topological polar surface area (TPSA) is 101 Å². The van der Waals surface area contributed by atoms with Crippen LogP contribution in [0.2, 0.25) is 5.02 Å². The van der Waals surface area contributed by atoms with Crippen molar-refractivity contribution < 1.29 is 14.5 Å². The van der Waals surface area contributed by atoms with E-state index in [1.54, 1.807) is 12.1 Å². The Morgan fingerprint density at radius 3 is 2.46 bits per heavy atom. The summed E-state index contributed by atoms with van der Waals surface area (Å²) < 4.78 is 0. The monoisotopic (exact) mass is 401 g/mol. The molecule has 3 rings (SSSR count). The molecule has 0 aromatic heterocycles. The molecule has 0 unspecified atom stereocenters. The lowest BCUT2D eigenvalue weighted by molar-refractivity contribution is -0.384. The van der Waals surface area contributed by atoms with Gasteiger partial charge in [0.15, 0.2) is 0 Å². The first-order valence-corrected chi connectivity index (χ1v) is 9.48. The van der Waals surface area contributed by atoms with Crippen molar-refractivity contribution in [2.24, 2.45) is 5.92 Å². The number of nitrogens with zero attached hydrogens (tertiary/aromatic N) is 1. The van der Waals surface area contributed by atoms with Crippen LogP contribution in [0.15, 0.2) is 42.5 Å². The van der Waals surface area contributed by atoms with Gasteiger partial charge in [-0.3, -0.25) is 19.7 Å². The highest BCUT2D eigenvalue weighted by Gasteiger charge is 2.21. The minimum absolute atomic E-state index is 0.0121. The predicted octanol–water partition coefficient (Wildman–Crippen LogP) is 5.02. The minimum Gasteiger partial charge on any atom is -0.325 e. The molecule has 0 heterocycles. The zero-order valence-corrected chi connectivity index (χ0v) is 15.9. The first-order chi connectivity index (χ1) is 13.4. The molecule has 7 nitrogen and oxygen atoms in total. The molecule has 0 radical (unpaired) electrons. The van der Waals surface area contributed by atoms with Crippen molar-refractivity contribution in [3.63, 3.8) is 0 Å². The number of amides is 2. The van der Waals surface area contributed by atoms with Gasteiger partial charge in [-0.2, -0.15) is 0 Å². The minimum atomic E-state index is -0.558. The highest BCUT2D eigenvalue weighted by Crippen LogP contribution is 2.29. The van der Waals surface area contributed by atoms with Crippen molar-refractivity contribution in [3.8, 4) is 0 Å². The molecule has 0 spiro atoms. The van der Waals surface area contributed by atoms with E-state index in [0.29, 0.717) is 16.4 Å². The molecule has 1 aliphatic rings. The molecule has 2 aromatic rings. The van der Waals surface area contributed by atoms with E-state index in [1.165, 1.54) is 36.8 Å². The van der Waals surface area contributed by atoms with Gasteiger partial charge in [0.2, 0.25) is 5.91 Å². The highest BCUT2D eigenvalue weighted by molar-refractivity contribution is 6.34. The van der Waals surface area contributed by atoms with Crippen LogP contribution in [0.5, 0.6) is 0 Å². The maximum Gasteiger partial charge on any atom is 0.270 e. The number of hydrogen-bond acceptors (Lipinski definition) is 4. The Morgan fingerprint density at radius 1 is 1.04 bits per heavy atom. The van der Waals surface area contributed by atoms with Crippen molar-refractivity contribution in [1.29, 1.82) is 0 Å². The Kier molecular flexibility index (Phi) is 6.26. The second-order valence-electron chi connectivity index (χ2n) is 6.78. The largest absolute Gasteiger partial charge is 0.325 e. The Hall–Kier alpha value is -2.93. The number of hydrogen-bond donors (Lipinski definition) is 2. The van der Waals surface area contributed by atoms with Gasteiger partial charge in [-0.15, -0.1) is 0 Å². The molecule has 8 heteroatoms. The first kappa shape index (κ1) is 19.8. The van der Waals surface area contributed by atoms with Crippen LogP contribution in [-0.4, -0.2) is 16.7 Å². The summed E-state index contributed by atoms with van der Waals surface area (Å²) in [5.74, 6) is -0.508. The lowest BCUT2D eigenvalue weighted by Gasteiger charge is -2.21. The van der Waals surface area contributed by atoms with Crippen LogP contribution in [0.1, 0.15) is 42.5 Å². The molecule has 0 saturated heterocycles. The average Bonchev–Trinajstić information content (AvgIpc) is 2.70. The number of nitrogens with one attached hydrogen (secondary N) is 2. The van der Waals surface area contributed by atoms with Crippen molar-refractivity contribution in [2.75, 3.05) is 10.6 Å². The Balaban J connectivity index is 1.66. The number of non-ortho nitro benzene ring substituents is 1. The van der Waals surface area contributed by atoms with Crippen molar-refractivity contribution >= 4 is 40.5 Å². The summed E-state index contributed by atoms with van der Waals surface area (Å²) in [6.07, 6.45) is 5.08. The third-order valence-corrected chi connectivity index (χ3v) is 5.09. The lowest BCUT2D eigenvalue weighted by Crippen LogP contribution is -2.24. The van der Waals surface area contributed by atoms with Crippen molar-refractivity contribution in [2.45, 2.75) is 32.1 Å². The molecular weight excluding hydrogens is 382 g/mol. The summed E-state index contributed by atoms with van der Waals surface area (Å²) in [5.41, 5.74) is 0.925. The number of carbonyl (C=O) groups is 2. The number of nitro groups is 1. The van der Waals surface area contributed by atoms with Gasteiger partial charge in [-0.1, -0.05) is 36.9 Å². The summed E-state index contributed by atoms with van der Waals surface area (Å²) in [4.78, 5) is 35.0. The van der Waals surface area contributed by atoms with Crippen LogP contribution >= 0.6 is 11.6 Å². The SMILES string of the molecule is O=C(Nc1ccc(NC(=O)C2CCCCC2)c(Cl)c1)c1cccc([N+](=O)[O-])c1. The van der Waals surface area contributed by atoms with Crippen molar-refractivity contribution in [3.05, 3.63) is 63.2 Å². The maximum atomic E-state index is 12.4. The number of rotatable bonds is 5. The smallest absolute Gasteiger partial charge is 0.270 e. The van der Waals surface area contributed by atoms with Gasteiger partial charge in [0.05, 0.1) is 15.6 Å². The van der Waals surface area contributed by atoms with Crippen molar-refractivity contribution in [1.82, 2.24) is 0 Å². The molecule has 28 heavy (non-hydrogen) atoms. The van der Waals surface area contributed by atoms with Crippen LogP contribution in [0.3, 0.4) is 0 Å². The standard InChI is InChI=1S/C20H20ClN3O4/c21-17-12-15(22-20(26)14-7-4-8-16(11-14)24(27)28)9-10-18(17)23-19(25)13-5-2-1-3-6-13/h4,7-13H,1-3,5-6H2,(H,22,26)(H,23,25). The molecular formula is C20H20ClN3O4. The second kappa shape index (κ2) is 8.84. The van der Waals surface area contributed by atoms with Gasteiger partial charge >= 0.3 is 0 Å². The number of carbonyl (C=O) groups excluding carboxylic acids is 2. The van der Waals surface area contributed by atoms with Gasteiger partial charge in [0.1, 0.15) is 0 Å². The van der Waals surface area contributed by atoms with E-state index in [4.69, 9.17) is 11.6 Å². The normalized spacial score (nSPS) is 14.3. The fraction of sp³-hybridized carbons (Fsp3) is 0.300. The Labute approximate surface area is 167 Å². The summed E-state index contributed by atoms with van der Waals surface area (Å²) in [6.45, 7) is 0. The van der Waals surface area contributed by atoms with E-state index in [1.807, 2.05) is 0 Å². The van der Waals surface area contributed by atoms with E-state index in [9.17, 15) is 19.7 Å². The van der Waals surface area contributed by atoms with Gasteiger partial charge in [0, 0.05) is 29.3 Å². The first-order valence-electron chi connectivity index (χ1n) is 9.10. The molecule has 2 aromatic carbocycles. The number of nitro benzene ring substituents is 1. The molecule has 1 fully saturated rings. The van der Waals surface area contributed by atoms with Crippen LogP contribution in [0.4, 0.5) is 17.1 Å². The zero-order valence-electron chi connectivity index (χ0n) is 15.1. The van der Waals surface area contributed by atoms with Crippen LogP contribution in [-0.2, 0) is 4.79 Å². The summed E-state index contributed by atoms with van der Waals surface area (Å²) in [5, 5.41) is 16.7.